The van der Waals surface area contributed by atoms with E-state index in [1.807, 2.05) is 22.6 Å². The maximum absolute atomic E-state index is 12.5. The van der Waals surface area contributed by atoms with E-state index < -0.39 is 41.9 Å². The van der Waals surface area contributed by atoms with Crippen LogP contribution in [0.1, 0.15) is 27.2 Å². The number of alkyl halides is 7. The zero-order valence-electron chi connectivity index (χ0n) is 11.4. The molecular formula is C11H15F6IO3. The largest absolute Gasteiger partial charge is 0.462 e. The molecule has 0 radical (unpaired) electrons. The Labute approximate surface area is 131 Å². The summed E-state index contributed by atoms with van der Waals surface area (Å²) >= 11 is 1.84. The van der Waals surface area contributed by atoms with Gasteiger partial charge < -0.3 is 9.84 Å². The molecule has 0 heterocycles. The number of esters is 1. The van der Waals surface area contributed by atoms with Crippen LogP contribution >= 0.6 is 22.6 Å². The van der Waals surface area contributed by atoms with Crippen molar-refractivity contribution >= 4 is 28.6 Å². The summed E-state index contributed by atoms with van der Waals surface area (Å²) in [6, 6.07) is 0. The van der Waals surface area contributed by atoms with Crippen LogP contribution in [0.3, 0.4) is 0 Å². The van der Waals surface area contributed by atoms with Crippen molar-refractivity contribution in [2.24, 2.45) is 5.41 Å². The Balaban J connectivity index is 5.12. The molecule has 0 aromatic carbocycles. The fourth-order valence-electron chi connectivity index (χ4n) is 1.25. The van der Waals surface area contributed by atoms with Gasteiger partial charge in [-0.2, -0.15) is 26.3 Å². The van der Waals surface area contributed by atoms with Gasteiger partial charge in [0.25, 0.3) is 5.60 Å². The summed E-state index contributed by atoms with van der Waals surface area (Å²) in [6.07, 6.45) is -15.4. The monoisotopic (exact) mass is 436 g/mol. The second-order valence-electron chi connectivity index (χ2n) is 5.29. The minimum Gasteiger partial charge on any atom is -0.462 e. The molecule has 0 aliphatic heterocycles. The normalized spacial score (nSPS) is 15.8. The fraction of sp³-hybridized carbons (Fsp3) is 0.909. The van der Waals surface area contributed by atoms with Gasteiger partial charge in [0.1, 0.15) is 6.10 Å². The number of ether oxygens (including phenoxy) is 1. The summed E-state index contributed by atoms with van der Waals surface area (Å²) in [6.45, 7) is 3.74. The Morgan fingerprint density at radius 2 is 1.52 bits per heavy atom. The van der Waals surface area contributed by atoms with Crippen LogP contribution in [-0.2, 0) is 9.53 Å². The zero-order valence-corrected chi connectivity index (χ0v) is 13.6. The van der Waals surface area contributed by atoms with Crippen LogP contribution in [0.2, 0.25) is 0 Å². The Kier molecular flexibility index (Phi) is 6.39. The predicted octanol–water partition coefficient (Wildman–Crippen LogP) is 3.63. The van der Waals surface area contributed by atoms with E-state index in [0.29, 0.717) is 0 Å². The maximum atomic E-state index is 12.5. The van der Waals surface area contributed by atoms with Crippen LogP contribution in [0.5, 0.6) is 0 Å². The molecule has 0 rings (SSSR count). The highest BCUT2D eigenvalue weighted by molar-refractivity contribution is 14.1. The van der Waals surface area contributed by atoms with Gasteiger partial charge in [-0.25, -0.2) is 0 Å². The first-order valence-corrected chi connectivity index (χ1v) is 7.24. The summed E-state index contributed by atoms with van der Waals surface area (Å²) in [7, 11) is 0. The molecule has 21 heavy (non-hydrogen) atoms. The van der Waals surface area contributed by atoms with Crippen molar-refractivity contribution in [1.82, 2.24) is 0 Å². The predicted molar refractivity (Wildman–Crippen MR) is 69.9 cm³/mol. The topological polar surface area (TPSA) is 46.5 Å². The molecule has 0 aliphatic rings. The van der Waals surface area contributed by atoms with Crippen LogP contribution < -0.4 is 0 Å². The minimum absolute atomic E-state index is 0.263. The van der Waals surface area contributed by atoms with Crippen molar-refractivity contribution in [3.63, 3.8) is 0 Å². The van der Waals surface area contributed by atoms with Gasteiger partial charge in [0.15, 0.2) is 0 Å². The summed E-state index contributed by atoms with van der Waals surface area (Å²) in [5, 5.41) is 8.98. The first-order valence-electron chi connectivity index (χ1n) is 5.71. The van der Waals surface area contributed by atoms with Gasteiger partial charge in [-0.05, 0) is 20.8 Å². The van der Waals surface area contributed by atoms with Crippen molar-refractivity contribution in [2.75, 3.05) is 4.43 Å². The quantitative estimate of drug-likeness (QED) is 0.310. The molecule has 0 aliphatic carbocycles. The van der Waals surface area contributed by atoms with E-state index in [0.717, 1.165) is 6.92 Å². The maximum Gasteiger partial charge on any atom is 0.426 e. The Hall–Kier alpha value is -0.260. The number of hydrogen-bond acceptors (Lipinski definition) is 3. The highest BCUT2D eigenvalue weighted by Gasteiger charge is 2.70. The van der Waals surface area contributed by atoms with Crippen LogP contribution in [0.4, 0.5) is 26.3 Å². The summed E-state index contributed by atoms with van der Waals surface area (Å²) in [4.78, 5) is 11.6. The molecule has 3 nitrogen and oxygen atoms in total. The molecule has 0 aromatic rings. The smallest absolute Gasteiger partial charge is 0.426 e. The summed E-state index contributed by atoms with van der Waals surface area (Å²) in [5.41, 5.74) is -5.97. The van der Waals surface area contributed by atoms with Gasteiger partial charge in [-0.1, -0.05) is 22.6 Å². The lowest BCUT2D eigenvalue weighted by atomic mass is 9.94. The second-order valence-corrected chi connectivity index (χ2v) is 6.06. The molecule has 0 saturated carbocycles. The highest BCUT2D eigenvalue weighted by Crippen LogP contribution is 2.46. The zero-order chi connectivity index (χ0) is 17.3. The lowest BCUT2D eigenvalue weighted by molar-refractivity contribution is -0.373. The standard InChI is InChI=1S/C11H15F6IO3/c1-6(21-7(19)8(2,3)5-18)4-9(20,10(12,13)14)11(15,16)17/h6,20H,4-5H2,1-3H3. The van der Waals surface area contributed by atoms with Crippen molar-refractivity contribution < 1.29 is 41.0 Å². The van der Waals surface area contributed by atoms with Gasteiger partial charge in [-0.15, -0.1) is 0 Å². The second kappa shape index (κ2) is 6.47. The number of rotatable bonds is 5. The number of carbonyl (C=O) groups excluding carboxylic acids is 1. The van der Waals surface area contributed by atoms with Gasteiger partial charge in [0, 0.05) is 10.8 Å². The molecule has 0 saturated heterocycles. The van der Waals surface area contributed by atoms with Crippen LogP contribution in [0.25, 0.3) is 0 Å². The average Bonchev–Trinajstić information content (AvgIpc) is 2.25. The van der Waals surface area contributed by atoms with E-state index in [4.69, 9.17) is 5.11 Å². The average molecular weight is 436 g/mol. The molecule has 1 unspecified atom stereocenters. The van der Waals surface area contributed by atoms with Crippen molar-refractivity contribution in [1.29, 1.82) is 0 Å². The molecule has 0 amide bonds. The van der Waals surface area contributed by atoms with Crippen LogP contribution in [0.15, 0.2) is 0 Å². The van der Waals surface area contributed by atoms with E-state index >= 15 is 0 Å². The third-order valence-corrected chi connectivity index (χ3v) is 4.62. The Morgan fingerprint density at radius 1 is 1.14 bits per heavy atom. The van der Waals surface area contributed by atoms with Gasteiger partial charge in [0.2, 0.25) is 0 Å². The van der Waals surface area contributed by atoms with Gasteiger partial charge in [-0.3, -0.25) is 4.79 Å². The van der Waals surface area contributed by atoms with Crippen molar-refractivity contribution in [3.8, 4) is 0 Å². The van der Waals surface area contributed by atoms with E-state index in [1.54, 1.807) is 0 Å². The first-order chi connectivity index (χ1) is 9.08. The van der Waals surface area contributed by atoms with Crippen LogP contribution in [-0.4, -0.2) is 39.6 Å². The van der Waals surface area contributed by atoms with Crippen LogP contribution in [0, 0.1) is 5.41 Å². The van der Waals surface area contributed by atoms with E-state index in [1.165, 1.54) is 13.8 Å². The summed E-state index contributed by atoms with van der Waals surface area (Å²) in [5.74, 6) is -0.934. The number of halogens is 7. The lowest BCUT2D eigenvalue weighted by Crippen LogP contribution is -2.58. The minimum atomic E-state index is -5.93. The number of hydrogen-bond donors (Lipinski definition) is 1. The van der Waals surface area contributed by atoms with E-state index in [9.17, 15) is 31.1 Å². The lowest BCUT2D eigenvalue weighted by Gasteiger charge is -2.34. The number of aliphatic hydroxyl groups is 1. The SMILES string of the molecule is CC(CC(O)(C(F)(F)F)C(F)(F)F)OC(=O)C(C)(C)CI. The molecule has 0 spiro atoms. The van der Waals surface area contributed by atoms with Gasteiger partial charge in [0.05, 0.1) is 5.41 Å². The first kappa shape index (κ1) is 20.7. The molecule has 126 valence electrons. The van der Waals surface area contributed by atoms with E-state index in [-0.39, 0.29) is 4.43 Å². The molecule has 0 fully saturated rings. The Bertz CT molecular complexity index is 363. The molecule has 0 aromatic heterocycles. The molecular weight excluding hydrogens is 421 g/mol. The molecule has 10 heteroatoms. The van der Waals surface area contributed by atoms with Crippen molar-refractivity contribution in [2.45, 2.75) is 51.2 Å². The van der Waals surface area contributed by atoms with E-state index in [2.05, 4.69) is 4.74 Å². The molecule has 1 N–H and O–H groups in total. The Morgan fingerprint density at radius 3 is 1.81 bits per heavy atom. The number of carbonyl (C=O) groups is 1. The molecule has 1 atom stereocenters. The third kappa shape index (κ3) is 4.86. The highest BCUT2D eigenvalue weighted by atomic mass is 127. The third-order valence-electron chi connectivity index (χ3n) is 2.72. The summed E-state index contributed by atoms with van der Waals surface area (Å²) < 4.78 is 79.8. The van der Waals surface area contributed by atoms with Crippen molar-refractivity contribution in [3.05, 3.63) is 0 Å². The van der Waals surface area contributed by atoms with Gasteiger partial charge >= 0.3 is 18.3 Å². The fourth-order valence-corrected chi connectivity index (χ4v) is 1.56. The molecule has 0 bridgehead atoms.